The van der Waals surface area contributed by atoms with Crippen molar-refractivity contribution in [1.29, 1.82) is 0 Å². The average molecular weight is 419 g/mol. The van der Waals surface area contributed by atoms with E-state index < -0.39 is 18.3 Å². The Bertz CT molecular complexity index is 699. The smallest absolute Gasteiger partial charge is 0.132 e. The van der Waals surface area contributed by atoms with Gasteiger partial charge >= 0.3 is 0 Å². The first-order chi connectivity index (χ1) is 14.2. The average Bonchev–Trinajstić information content (AvgIpc) is 2.76. The van der Waals surface area contributed by atoms with Crippen molar-refractivity contribution in [3.63, 3.8) is 0 Å². The maximum Gasteiger partial charge on any atom is 0.132 e. The molecule has 3 rings (SSSR count). The van der Waals surface area contributed by atoms with Gasteiger partial charge in [-0.2, -0.15) is 0 Å². The second kappa shape index (κ2) is 11.7. The van der Waals surface area contributed by atoms with Gasteiger partial charge < -0.3 is 24.1 Å². The van der Waals surface area contributed by atoms with Gasteiger partial charge in [0.15, 0.2) is 0 Å². The Morgan fingerprint density at radius 2 is 1.55 bits per heavy atom. The van der Waals surface area contributed by atoms with E-state index in [-0.39, 0.29) is 11.5 Å². The molecule has 5 atom stereocenters. The summed E-state index contributed by atoms with van der Waals surface area (Å²) in [5, 5.41) is 10.9. The lowest BCUT2D eigenvalue weighted by Crippen LogP contribution is -2.59. The van der Waals surface area contributed by atoms with Crippen molar-refractivity contribution in [2.45, 2.75) is 50.0 Å². The number of aliphatic hydroxyl groups excluding tert-OH is 1. The molecule has 0 radical (unpaired) electrons. The quantitative estimate of drug-likeness (QED) is 0.636. The van der Waals surface area contributed by atoms with Crippen LogP contribution in [0.1, 0.15) is 18.1 Å². The van der Waals surface area contributed by atoms with Crippen LogP contribution in [0.4, 0.5) is 0 Å². The zero-order valence-electron chi connectivity index (χ0n) is 17.0. The molecular weight excluding hydrogens is 388 g/mol. The highest BCUT2D eigenvalue weighted by atomic mass is 32.2. The Kier molecular flexibility index (Phi) is 8.98. The molecule has 0 saturated carbocycles. The first-order valence-electron chi connectivity index (χ1n) is 9.98. The lowest BCUT2D eigenvalue weighted by atomic mass is 9.99. The van der Waals surface area contributed by atoms with E-state index in [1.807, 2.05) is 60.7 Å². The standard InChI is InChI=1S/C23H30O5S/c1-3-29-23-22(27-15-18-12-8-5-9-13-18)21(25-2)20(24)19(28-23)16-26-14-17-10-6-4-7-11-17/h4-13,19-24H,3,14-16H2,1-2H3/t19?,20-,21+,22?,23+/m1/s1. The van der Waals surface area contributed by atoms with Crippen LogP contribution in [-0.2, 0) is 32.2 Å². The van der Waals surface area contributed by atoms with E-state index in [2.05, 4.69) is 6.92 Å². The molecule has 1 aliphatic rings. The fraction of sp³-hybridized carbons (Fsp3) is 0.478. The molecular formula is C23H30O5S. The fourth-order valence-electron chi connectivity index (χ4n) is 3.41. The molecule has 1 fully saturated rings. The summed E-state index contributed by atoms with van der Waals surface area (Å²) in [4.78, 5) is 0. The second-order valence-corrected chi connectivity index (χ2v) is 8.33. The monoisotopic (exact) mass is 418 g/mol. The summed E-state index contributed by atoms with van der Waals surface area (Å²) < 4.78 is 23.8. The van der Waals surface area contributed by atoms with E-state index in [0.717, 1.165) is 16.9 Å². The largest absolute Gasteiger partial charge is 0.387 e. The second-order valence-electron chi connectivity index (χ2n) is 6.95. The van der Waals surface area contributed by atoms with Crippen molar-refractivity contribution in [3.8, 4) is 0 Å². The number of rotatable bonds is 10. The first kappa shape index (κ1) is 22.3. The summed E-state index contributed by atoms with van der Waals surface area (Å²) in [5.41, 5.74) is 1.93. The number of aliphatic hydroxyl groups is 1. The maximum atomic E-state index is 10.9. The summed E-state index contributed by atoms with van der Waals surface area (Å²) in [5.74, 6) is 0.875. The van der Waals surface area contributed by atoms with Crippen LogP contribution in [0, 0.1) is 0 Å². The topological polar surface area (TPSA) is 57.2 Å². The van der Waals surface area contributed by atoms with Gasteiger partial charge in [0.2, 0.25) is 0 Å². The molecule has 29 heavy (non-hydrogen) atoms. The fourth-order valence-corrected chi connectivity index (χ4v) is 4.38. The molecule has 2 aromatic rings. The number of methoxy groups -OCH3 is 1. The number of thioether (sulfide) groups is 1. The molecule has 0 spiro atoms. The zero-order valence-corrected chi connectivity index (χ0v) is 17.8. The predicted molar refractivity (Wildman–Crippen MR) is 115 cm³/mol. The van der Waals surface area contributed by atoms with Crippen LogP contribution >= 0.6 is 11.8 Å². The molecule has 1 saturated heterocycles. The van der Waals surface area contributed by atoms with Gasteiger partial charge in [0, 0.05) is 7.11 Å². The molecule has 5 nitrogen and oxygen atoms in total. The van der Waals surface area contributed by atoms with Crippen LogP contribution in [0.2, 0.25) is 0 Å². The SMILES string of the molecule is CCS[C@@H]1OC(COCc2ccccc2)[C@@H](O)[C@H](OC)C1OCc1ccccc1. The number of hydrogen-bond acceptors (Lipinski definition) is 6. The van der Waals surface area contributed by atoms with Crippen LogP contribution < -0.4 is 0 Å². The van der Waals surface area contributed by atoms with E-state index in [4.69, 9.17) is 18.9 Å². The summed E-state index contributed by atoms with van der Waals surface area (Å²) >= 11 is 1.66. The lowest BCUT2D eigenvalue weighted by molar-refractivity contribution is -0.232. The number of hydrogen-bond donors (Lipinski definition) is 1. The van der Waals surface area contributed by atoms with E-state index in [1.54, 1.807) is 18.9 Å². The Labute approximate surface area is 177 Å². The van der Waals surface area contributed by atoms with Crippen molar-refractivity contribution in [3.05, 3.63) is 71.8 Å². The molecule has 1 aliphatic heterocycles. The van der Waals surface area contributed by atoms with Gasteiger partial charge in [0.25, 0.3) is 0 Å². The highest BCUT2D eigenvalue weighted by Gasteiger charge is 2.46. The lowest BCUT2D eigenvalue weighted by Gasteiger charge is -2.43. The Hall–Kier alpha value is -1.41. The van der Waals surface area contributed by atoms with Crippen LogP contribution in [0.3, 0.4) is 0 Å². The van der Waals surface area contributed by atoms with Crippen LogP contribution in [-0.4, -0.2) is 54.4 Å². The Balaban J connectivity index is 1.61. The number of benzene rings is 2. The van der Waals surface area contributed by atoms with E-state index in [1.165, 1.54) is 0 Å². The van der Waals surface area contributed by atoms with Crippen molar-refractivity contribution in [2.24, 2.45) is 0 Å². The van der Waals surface area contributed by atoms with Gasteiger partial charge in [-0.15, -0.1) is 11.8 Å². The molecule has 0 aliphatic carbocycles. The summed E-state index contributed by atoms with van der Waals surface area (Å²) in [6.07, 6.45) is -2.15. The highest BCUT2D eigenvalue weighted by Crippen LogP contribution is 2.32. The maximum absolute atomic E-state index is 10.9. The highest BCUT2D eigenvalue weighted by molar-refractivity contribution is 7.99. The molecule has 1 heterocycles. The van der Waals surface area contributed by atoms with Gasteiger partial charge in [-0.1, -0.05) is 67.6 Å². The van der Waals surface area contributed by atoms with Gasteiger partial charge in [0.05, 0.1) is 19.8 Å². The van der Waals surface area contributed by atoms with Crippen molar-refractivity contribution in [1.82, 2.24) is 0 Å². The van der Waals surface area contributed by atoms with E-state index in [9.17, 15) is 5.11 Å². The Morgan fingerprint density at radius 1 is 0.931 bits per heavy atom. The van der Waals surface area contributed by atoms with E-state index in [0.29, 0.717) is 19.8 Å². The van der Waals surface area contributed by atoms with Crippen LogP contribution in [0.15, 0.2) is 60.7 Å². The normalized spacial score (nSPS) is 27.1. The molecule has 1 N–H and O–H groups in total. The number of ether oxygens (including phenoxy) is 4. The molecule has 0 amide bonds. The minimum Gasteiger partial charge on any atom is -0.387 e. The first-order valence-corrected chi connectivity index (χ1v) is 11.0. The van der Waals surface area contributed by atoms with Gasteiger partial charge in [-0.25, -0.2) is 0 Å². The minimum atomic E-state index is -0.828. The van der Waals surface area contributed by atoms with Crippen molar-refractivity contribution >= 4 is 11.8 Å². The van der Waals surface area contributed by atoms with Crippen LogP contribution in [0.25, 0.3) is 0 Å². The minimum absolute atomic E-state index is 0.234. The molecule has 158 valence electrons. The van der Waals surface area contributed by atoms with Crippen LogP contribution in [0.5, 0.6) is 0 Å². The third-order valence-electron chi connectivity index (χ3n) is 4.90. The van der Waals surface area contributed by atoms with Crippen molar-refractivity contribution < 1.29 is 24.1 Å². The van der Waals surface area contributed by atoms with Gasteiger partial charge in [-0.05, 0) is 16.9 Å². The Morgan fingerprint density at radius 3 is 2.14 bits per heavy atom. The predicted octanol–water partition coefficient (Wildman–Crippen LogP) is 3.64. The molecule has 2 aromatic carbocycles. The third kappa shape index (κ3) is 6.28. The zero-order chi connectivity index (χ0) is 20.5. The molecule has 2 unspecified atom stereocenters. The molecule has 6 heteroatoms. The van der Waals surface area contributed by atoms with Gasteiger partial charge in [0.1, 0.15) is 29.9 Å². The van der Waals surface area contributed by atoms with E-state index >= 15 is 0 Å². The van der Waals surface area contributed by atoms with Gasteiger partial charge in [-0.3, -0.25) is 0 Å². The summed E-state index contributed by atoms with van der Waals surface area (Å²) in [6.45, 7) is 3.29. The molecule has 0 aromatic heterocycles. The summed E-state index contributed by atoms with van der Waals surface area (Å²) in [7, 11) is 1.60. The third-order valence-corrected chi connectivity index (χ3v) is 5.94. The van der Waals surface area contributed by atoms with Crippen molar-refractivity contribution in [2.75, 3.05) is 19.5 Å². The summed E-state index contributed by atoms with van der Waals surface area (Å²) in [6, 6.07) is 19.9. The molecule has 0 bridgehead atoms.